The number of aryl methyl sites for hydroxylation is 1. The van der Waals surface area contributed by atoms with Crippen LogP contribution in [0.25, 0.3) is 10.9 Å². The van der Waals surface area contributed by atoms with Crippen LogP contribution in [-0.2, 0) is 6.54 Å². The van der Waals surface area contributed by atoms with E-state index in [1.165, 1.54) is 12.8 Å². The molecule has 0 aliphatic carbocycles. The molecule has 0 saturated heterocycles. The molecule has 0 bridgehead atoms. The molecule has 1 heterocycles. The number of allylic oxidation sites excluding steroid dienone is 1. The molecule has 2 heteroatoms. The van der Waals surface area contributed by atoms with Gasteiger partial charge in [0.2, 0.25) is 0 Å². The predicted octanol–water partition coefficient (Wildman–Crippen LogP) is 5.86. The number of Topliss-reactive ketones (excluding diaryl/α,β-unsaturated/α-hetero) is 1. The molecule has 124 valence electrons. The van der Waals surface area contributed by atoms with Gasteiger partial charge in [0.25, 0.3) is 0 Å². The van der Waals surface area contributed by atoms with Crippen LogP contribution in [0.5, 0.6) is 0 Å². The molecule has 0 N–H and O–H groups in total. The number of fused-ring (bicyclic) bond motifs is 1. The summed E-state index contributed by atoms with van der Waals surface area (Å²) < 4.78 is 2.24. The molecule has 0 amide bonds. The third-order valence-electron chi connectivity index (χ3n) is 4.54. The molecule has 1 unspecified atom stereocenters. The lowest BCUT2D eigenvalue weighted by Gasteiger charge is -2.19. The first-order valence-electron chi connectivity index (χ1n) is 8.74. The summed E-state index contributed by atoms with van der Waals surface area (Å²) in [5.74, 6) is 0.366. The first-order valence-corrected chi connectivity index (χ1v) is 8.74. The first-order chi connectivity index (χ1) is 11.0. The summed E-state index contributed by atoms with van der Waals surface area (Å²) in [7, 11) is 0. The van der Waals surface area contributed by atoms with Gasteiger partial charge in [-0.2, -0.15) is 0 Å². The Morgan fingerprint density at radius 2 is 1.91 bits per heavy atom. The number of hydrogen-bond donors (Lipinski definition) is 0. The van der Waals surface area contributed by atoms with E-state index in [0.29, 0.717) is 0 Å². The van der Waals surface area contributed by atoms with Crippen LogP contribution in [0.2, 0.25) is 0 Å². The number of hydrogen-bond acceptors (Lipinski definition) is 1. The van der Waals surface area contributed by atoms with Gasteiger partial charge in [0.05, 0.1) is 0 Å². The van der Waals surface area contributed by atoms with E-state index < -0.39 is 0 Å². The number of carbonyl (C=O) groups excluding carboxylic acids is 1. The number of nitrogens with zero attached hydrogens (tertiary/aromatic N) is 1. The number of unbranched alkanes of at least 4 members (excludes halogenated alkanes) is 2. The molecular weight excluding hydrogens is 282 g/mol. The maximum absolute atomic E-state index is 13.1. The SMILES string of the molecule is C=C(C)C(C(=O)c1cn(CCCCC)c2ccccc12)C(C)C. The normalized spacial score (nSPS) is 12.7. The number of para-hydroxylation sites is 1. The summed E-state index contributed by atoms with van der Waals surface area (Å²) in [5, 5.41) is 1.07. The molecular formula is C21H29NO. The van der Waals surface area contributed by atoms with Gasteiger partial charge in [0, 0.05) is 35.1 Å². The highest BCUT2D eigenvalue weighted by atomic mass is 16.1. The lowest BCUT2D eigenvalue weighted by atomic mass is 9.83. The van der Waals surface area contributed by atoms with Gasteiger partial charge in [0.1, 0.15) is 0 Å². The molecule has 2 rings (SSSR count). The van der Waals surface area contributed by atoms with Gasteiger partial charge in [-0.25, -0.2) is 0 Å². The largest absolute Gasteiger partial charge is 0.347 e. The molecule has 0 radical (unpaired) electrons. The molecule has 0 spiro atoms. The fourth-order valence-corrected chi connectivity index (χ4v) is 3.42. The Kier molecular flexibility index (Phi) is 5.81. The van der Waals surface area contributed by atoms with Crippen molar-refractivity contribution in [2.24, 2.45) is 11.8 Å². The number of carbonyl (C=O) groups is 1. The molecule has 0 saturated carbocycles. The Labute approximate surface area is 140 Å². The third-order valence-corrected chi connectivity index (χ3v) is 4.54. The van der Waals surface area contributed by atoms with Gasteiger partial charge in [-0.15, -0.1) is 0 Å². The Morgan fingerprint density at radius 3 is 2.52 bits per heavy atom. The van der Waals surface area contributed by atoms with E-state index in [4.69, 9.17) is 0 Å². The summed E-state index contributed by atoms with van der Waals surface area (Å²) >= 11 is 0. The van der Waals surface area contributed by atoms with Crippen molar-refractivity contribution < 1.29 is 4.79 Å². The second-order valence-electron chi connectivity index (χ2n) is 6.89. The third kappa shape index (κ3) is 3.74. The summed E-state index contributed by atoms with van der Waals surface area (Å²) in [6.07, 6.45) is 5.63. The van der Waals surface area contributed by atoms with E-state index in [2.05, 4.69) is 50.2 Å². The topological polar surface area (TPSA) is 22.0 Å². The molecule has 2 nitrogen and oxygen atoms in total. The van der Waals surface area contributed by atoms with Crippen molar-refractivity contribution in [1.29, 1.82) is 0 Å². The minimum absolute atomic E-state index is 0.107. The number of rotatable bonds is 8. The fourth-order valence-electron chi connectivity index (χ4n) is 3.42. The molecule has 0 fully saturated rings. The standard InChI is InChI=1S/C21H29NO/c1-6-7-10-13-22-14-18(17-11-8-9-12-19(17)22)21(23)20(15(2)3)16(4)5/h8-9,11-12,14,16,20H,2,6-7,10,13H2,1,3-5H3. The molecule has 2 aromatic rings. The van der Waals surface area contributed by atoms with Gasteiger partial charge in [-0.05, 0) is 25.3 Å². The van der Waals surface area contributed by atoms with E-state index >= 15 is 0 Å². The van der Waals surface area contributed by atoms with Gasteiger partial charge in [-0.1, -0.05) is 64.0 Å². The second kappa shape index (κ2) is 7.63. The lowest BCUT2D eigenvalue weighted by molar-refractivity contribution is 0.0914. The smallest absolute Gasteiger partial charge is 0.172 e. The van der Waals surface area contributed by atoms with Crippen LogP contribution in [0.3, 0.4) is 0 Å². The first kappa shape index (κ1) is 17.5. The predicted molar refractivity (Wildman–Crippen MR) is 98.9 cm³/mol. The van der Waals surface area contributed by atoms with Crippen molar-refractivity contribution in [2.75, 3.05) is 0 Å². The van der Waals surface area contributed by atoms with Crippen molar-refractivity contribution in [3.8, 4) is 0 Å². The zero-order valence-electron chi connectivity index (χ0n) is 14.9. The molecule has 0 aliphatic rings. The monoisotopic (exact) mass is 311 g/mol. The number of aromatic nitrogens is 1. The average Bonchev–Trinajstić information content (AvgIpc) is 2.86. The van der Waals surface area contributed by atoms with E-state index in [0.717, 1.165) is 35.0 Å². The highest BCUT2D eigenvalue weighted by molar-refractivity contribution is 6.10. The van der Waals surface area contributed by atoms with Gasteiger partial charge >= 0.3 is 0 Å². The van der Waals surface area contributed by atoms with Gasteiger partial charge in [0.15, 0.2) is 5.78 Å². The Hall–Kier alpha value is -1.83. The van der Waals surface area contributed by atoms with E-state index in [-0.39, 0.29) is 17.6 Å². The quantitative estimate of drug-likeness (QED) is 0.340. The Balaban J connectivity index is 2.44. The van der Waals surface area contributed by atoms with Crippen LogP contribution >= 0.6 is 0 Å². The lowest BCUT2D eigenvalue weighted by Crippen LogP contribution is -2.21. The van der Waals surface area contributed by atoms with Crippen molar-refractivity contribution in [1.82, 2.24) is 4.57 Å². The van der Waals surface area contributed by atoms with E-state index in [1.54, 1.807) is 0 Å². The summed E-state index contributed by atoms with van der Waals surface area (Å²) in [6.45, 7) is 13.4. The van der Waals surface area contributed by atoms with Crippen LogP contribution in [0.4, 0.5) is 0 Å². The van der Waals surface area contributed by atoms with Crippen LogP contribution in [0.1, 0.15) is 57.3 Å². The fraction of sp³-hybridized carbons (Fsp3) is 0.476. The van der Waals surface area contributed by atoms with Crippen molar-refractivity contribution in [2.45, 2.75) is 53.5 Å². The number of benzene rings is 1. The molecule has 1 aromatic heterocycles. The van der Waals surface area contributed by atoms with Crippen LogP contribution in [0.15, 0.2) is 42.6 Å². The Morgan fingerprint density at radius 1 is 1.22 bits per heavy atom. The summed E-state index contributed by atoms with van der Waals surface area (Å²) in [4.78, 5) is 13.1. The molecule has 0 aliphatic heterocycles. The minimum atomic E-state index is -0.107. The van der Waals surface area contributed by atoms with Crippen LogP contribution in [0, 0.1) is 11.8 Å². The van der Waals surface area contributed by atoms with Crippen molar-refractivity contribution >= 4 is 16.7 Å². The van der Waals surface area contributed by atoms with Crippen LogP contribution in [-0.4, -0.2) is 10.4 Å². The minimum Gasteiger partial charge on any atom is -0.347 e. The van der Waals surface area contributed by atoms with Gasteiger partial charge in [-0.3, -0.25) is 4.79 Å². The van der Waals surface area contributed by atoms with E-state index in [9.17, 15) is 4.79 Å². The zero-order chi connectivity index (χ0) is 17.0. The highest BCUT2D eigenvalue weighted by Gasteiger charge is 2.26. The maximum Gasteiger partial charge on any atom is 0.172 e. The molecule has 1 atom stereocenters. The zero-order valence-corrected chi connectivity index (χ0v) is 14.9. The second-order valence-corrected chi connectivity index (χ2v) is 6.89. The summed E-state index contributed by atoms with van der Waals surface area (Å²) in [6, 6.07) is 8.24. The summed E-state index contributed by atoms with van der Waals surface area (Å²) in [5.41, 5.74) is 2.96. The maximum atomic E-state index is 13.1. The molecule has 23 heavy (non-hydrogen) atoms. The average molecular weight is 311 g/mol. The van der Waals surface area contributed by atoms with Crippen molar-refractivity contribution in [3.05, 3.63) is 48.2 Å². The van der Waals surface area contributed by atoms with Crippen molar-refractivity contribution in [3.63, 3.8) is 0 Å². The van der Waals surface area contributed by atoms with Crippen LogP contribution < -0.4 is 0 Å². The van der Waals surface area contributed by atoms with Gasteiger partial charge < -0.3 is 4.57 Å². The Bertz CT molecular complexity index is 693. The number of ketones is 1. The van der Waals surface area contributed by atoms with E-state index in [1.807, 2.05) is 19.1 Å². The molecule has 1 aromatic carbocycles. The highest BCUT2D eigenvalue weighted by Crippen LogP contribution is 2.29.